The minimum Gasteiger partial charge on any atom is -0.478 e. The van der Waals surface area contributed by atoms with E-state index in [-0.39, 0.29) is 0 Å². The largest absolute Gasteiger partial charge is 0.478 e. The SMILES string of the molecule is CCCCC/C=C\C/C=C\C/C=C\CCCCCC/C=C/C(=O)O. The van der Waals surface area contributed by atoms with E-state index in [1.807, 2.05) is 0 Å². The molecule has 0 aliphatic heterocycles. The number of unbranched alkanes of at least 4 members (excludes halogenated alkanes) is 8. The Kier molecular flexibility index (Phi) is 18.2. The zero-order valence-electron chi connectivity index (χ0n) is 15.5. The lowest BCUT2D eigenvalue weighted by molar-refractivity contribution is -0.131. The lowest BCUT2D eigenvalue weighted by Crippen LogP contribution is -1.85. The van der Waals surface area contributed by atoms with Crippen molar-refractivity contribution in [2.24, 2.45) is 0 Å². The van der Waals surface area contributed by atoms with E-state index >= 15 is 0 Å². The summed E-state index contributed by atoms with van der Waals surface area (Å²) in [4.78, 5) is 10.3. The van der Waals surface area contributed by atoms with E-state index in [9.17, 15) is 4.79 Å². The number of hydrogen-bond acceptors (Lipinski definition) is 1. The fourth-order valence-corrected chi connectivity index (χ4v) is 2.35. The molecule has 0 saturated carbocycles. The van der Waals surface area contributed by atoms with Crippen LogP contribution in [0.25, 0.3) is 0 Å². The summed E-state index contributed by atoms with van der Waals surface area (Å²) in [7, 11) is 0. The van der Waals surface area contributed by atoms with Crippen molar-refractivity contribution in [3.8, 4) is 0 Å². The van der Waals surface area contributed by atoms with Crippen LogP contribution in [0.2, 0.25) is 0 Å². The van der Waals surface area contributed by atoms with Gasteiger partial charge in [-0.25, -0.2) is 4.79 Å². The molecular weight excluding hydrogens is 296 g/mol. The summed E-state index contributed by atoms with van der Waals surface area (Å²) in [5.74, 6) is -0.850. The first-order valence-corrected chi connectivity index (χ1v) is 9.61. The Bertz CT molecular complexity index is 389. The molecule has 0 aliphatic carbocycles. The molecule has 0 bridgehead atoms. The van der Waals surface area contributed by atoms with Gasteiger partial charge in [0.2, 0.25) is 0 Å². The molecule has 0 amide bonds. The van der Waals surface area contributed by atoms with E-state index in [1.165, 1.54) is 51.0 Å². The molecule has 1 N–H and O–H groups in total. The molecule has 0 fully saturated rings. The van der Waals surface area contributed by atoms with Crippen LogP contribution >= 0.6 is 0 Å². The highest BCUT2D eigenvalue weighted by Gasteiger charge is 1.89. The van der Waals surface area contributed by atoms with Crippen molar-refractivity contribution in [3.05, 3.63) is 48.6 Å². The zero-order valence-corrected chi connectivity index (χ0v) is 15.5. The van der Waals surface area contributed by atoms with E-state index in [0.717, 1.165) is 32.1 Å². The Morgan fingerprint density at radius 3 is 1.62 bits per heavy atom. The molecule has 2 heteroatoms. The van der Waals surface area contributed by atoms with Gasteiger partial charge in [-0.05, 0) is 51.4 Å². The second-order valence-electron chi connectivity index (χ2n) is 6.11. The number of rotatable bonds is 16. The fourth-order valence-electron chi connectivity index (χ4n) is 2.35. The first-order chi connectivity index (χ1) is 11.8. The Hall–Kier alpha value is -1.57. The van der Waals surface area contributed by atoms with Crippen LogP contribution in [0.1, 0.15) is 84.0 Å². The number of allylic oxidation sites excluding steroid dienone is 7. The minimum atomic E-state index is -0.850. The van der Waals surface area contributed by atoms with Crippen LogP contribution in [-0.2, 0) is 4.79 Å². The number of hydrogen-bond donors (Lipinski definition) is 1. The molecule has 0 radical (unpaired) electrons. The molecule has 0 spiro atoms. The second kappa shape index (κ2) is 19.5. The van der Waals surface area contributed by atoms with Crippen molar-refractivity contribution >= 4 is 5.97 Å². The number of carbonyl (C=O) groups is 1. The maximum Gasteiger partial charge on any atom is 0.327 e. The van der Waals surface area contributed by atoms with E-state index in [1.54, 1.807) is 6.08 Å². The highest BCUT2D eigenvalue weighted by Crippen LogP contribution is 2.07. The van der Waals surface area contributed by atoms with Crippen molar-refractivity contribution in [1.82, 2.24) is 0 Å². The summed E-state index contributed by atoms with van der Waals surface area (Å²) in [5.41, 5.74) is 0. The molecule has 2 nitrogen and oxygen atoms in total. The molecule has 0 aromatic carbocycles. The fraction of sp³-hybridized carbons (Fsp3) is 0.591. The van der Waals surface area contributed by atoms with Gasteiger partial charge in [0.25, 0.3) is 0 Å². The molecule has 0 aromatic heterocycles. The first kappa shape index (κ1) is 22.4. The molecule has 0 rings (SSSR count). The lowest BCUT2D eigenvalue weighted by Gasteiger charge is -1.96. The number of aliphatic carboxylic acids is 1. The van der Waals surface area contributed by atoms with Crippen molar-refractivity contribution in [1.29, 1.82) is 0 Å². The van der Waals surface area contributed by atoms with Crippen molar-refractivity contribution in [2.75, 3.05) is 0 Å². The predicted molar refractivity (Wildman–Crippen MR) is 105 cm³/mol. The van der Waals surface area contributed by atoms with Gasteiger partial charge in [-0.3, -0.25) is 0 Å². The molecular formula is C22H36O2. The third kappa shape index (κ3) is 20.4. The summed E-state index contributed by atoms with van der Waals surface area (Å²) in [6, 6.07) is 0. The second-order valence-corrected chi connectivity index (χ2v) is 6.11. The van der Waals surface area contributed by atoms with E-state index < -0.39 is 5.97 Å². The third-order valence-electron chi connectivity index (χ3n) is 3.77. The van der Waals surface area contributed by atoms with Crippen molar-refractivity contribution in [2.45, 2.75) is 84.0 Å². The van der Waals surface area contributed by atoms with Gasteiger partial charge in [0.1, 0.15) is 0 Å². The molecule has 24 heavy (non-hydrogen) atoms. The normalized spacial score (nSPS) is 12.4. The Balaban J connectivity index is 3.31. The molecule has 0 saturated heterocycles. The summed E-state index contributed by atoms with van der Waals surface area (Å²) in [5, 5.41) is 8.45. The van der Waals surface area contributed by atoms with Crippen molar-refractivity contribution in [3.63, 3.8) is 0 Å². The van der Waals surface area contributed by atoms with E-state index in [4.69, 9.17) is 5.11 Å². The summed E-state index contributed by atoms with van der Waals surface area (Å²) >= 11 is 0. The molecule has 136 valence electrons. The van der Waals surface area contributed by atoms with Gasteiger partial charge < -0.3 is 5.11 Å². The monoisotopic (exact) mass is 332 g/mol. The smallest absolute Gasteiger partial charge is 0.327 e. The first-order valence-electron chi connectivity index (χ1n) is 9.61. The molecule has 0 atom stereocenters. The Morgan fingerprint density at radius 2 is 1.12 bits per heavy atom. The predicted octanol–water partition coefficient (Wildman–Crippen LogP) is 7.00. The average molecular weight is 333 g/mol. The van der Waals surface area contributed by atoms with Gasteiger partial charge in [0, 0.05) is 6.08 Å². The van der Waals surface area contributed by atoms with Crippen LogP contribution < -0.4 is 0 Å². The topological polar surface area (TPSA) is 37.3 Å². The highest BCUT2D eigenvalue weighted by molar-refractivity contribution is 5.79. The number of carboxylic acid groups (broad SMARTS) is 1. The summed E-state index contributed by atoms with van der Waals surface area (Å²) in [6.45, 7) is 2.24. The summed E-state index contributed by atoms with van der Waals surface area (Å²) in [6.07, 6.45) is 30.5. The maximum atomic E-state index is 10.3. The van der Waals surface area contributed by atoms with Gasteiger partial charge in [0.15, 0.2) is 0 Å². The van der Waals surface area contributed by atoms with Gasteiger partial charge in [-0.1, -0.05) is 75.1 Å². The lowest BCUT2D eigenvalue weighted by atomic mass is 10.1. The molecule has 0 heterocycles. The minimum absolute atomic E-state index is 0.850. The molecule has 0 unspecified atom stereocenters. The molecule has 0 aliphatic rings. The number of carboxylic acids is 1. The van der Waals surface area contributed by atoms with Gasteiger partial charge >= 0.3 is 5.97 Å². The van der Waals surface area contributed by atoms with Gasteiger partial charge in [0.05, 0.1) is 0 Å². The standard InChI is InChI=1S/C22H36O2/c1-2-3-4-5-6-7-8-9-10-11-12-13-14-15-16-17-18-19-20-21-22(23)24/h6-7,9-10,12-13,20-21H,2-5,8,11,14-19H2,1H3,(H,23,24)/b7-6-,10-9-,13-12-,21-20+. The maximum absolute atomic E-state index is 10.3. The summed E-state index contributed by atoms with van der Waals surface area (Å²) < 4.78 is 0. The zero-order chi connectivity index (χ0) is 17.7. The van der Waals surface area contributed by atoms with Crippen LogP contribution in [0, 0.1) is 0 Å². The van der Waals surface area contributed by atoms with Crippen LogP contribution in [0.15, 0.2) is 48.6 Å². The third-order valence-corrected chi connectivity index (χ3v) is 3.77. The highest BCUT2D eigenvalue weighted by atomic mass is 16.4. The van der Waals surface area contributed by atoms with Crippen LogP contribution in [-0.4, -0.2) is 11.1 Å². The Labute approximate surface area is 149 Å². The van der Waals surface area contributed by atoms with Gasteiger partial charge in [-0.15, -0.1) is 0 Å². The Morgan fingerprint density at radius 1 is 0.667 bits per heavy atom. The quantitative estimate of drug-likeness (QED) is 0.188. The van der Waals surface area contributed by atoms with E-state index in [2.05, 4.69) is 43.4 Å². The average Bonchev–Trinajstić information content (AvgIpc) is 2.56. The van der Waals surface area contributed by atoms with Crippen LogP contribution in [0.3, 0.4) is 0 Å². The van der Waals surface area contributed by atoms with E-state index in [0.29, 0.717) is 0 Å². The molecule has 0 aromatic rings. The van der Waals surface area contributed by atoms with Gasteiger partial charge in [-0.2, -0.15) is 0 Å². The van der Waals surface area contributed by atoms with Crippen molar-refractivity contribution < 1.29 is 9.90 Å². The van der Waals surface area contributed by atoms with Crippen LogP contribution in [0.4, 0.5) is 0 Å². The van der Waals surface area contributed by atoms with Crippen LogP contribution in [0.5, 0.6) is 0 Å².